The van der Waals surface area contributed by atoms with E-state index in [0.717, 1.165) is 0 Å². The zero-order chi connectivity index (χ0) is 11.1. The van der Waals surface area contributed by atoms with Crippen molar-refractivity contribution in [1.29, 1.82) is 0 Å². The van der Waals surface area contributed by atoms with E-state index < -0.39 is 12.0 Å². The molecule has 0 aromatic carbocycles. The number of Topliss-reactive ketones (excluding diaryl/α,β-unsaturated/α-hetero) is 1. The molecule has 3 N–H and O–H groups in total. The van der Waals surface area contributed by atoms with Crippen molar-refractivity contribution < 1.29 is 14.7 Å². The van der Waals surface area contributed by atoms with Crippen molar-refractivity contribution in [3.05, 3.63) is 12.2 Å². The van der Waals surface area contributed by atoms with E-state index in [9.17, 15) is 9.59 Å². The van der Waals surface area contributed by atoms with E-state index in [1.54, 1.807) is 6.92 Å². The quantitative estimate of drug-likeness (QED) is 0.475. The first-order chi connectivity index (χ1) is 6.45. The Morgan fingerprint density at radius 3 is 2.43 bits per heavy atom. The molecule has 1 atom stereocenters. The normalized spacial score (nSPS) is 12.1. The highest BCUT2D eigenvalue weighted by Crippen LogP contribution is 2.06. The van der Waals surface area contributed by atoms with Gasteiger partial charge in [0.25, 0.3) is 0 Å². The highest BCUT2D eigenvalue weighted by Gasteiger charge is 2.10. The lowest BCUT2D eigenvalue weighted by atomic mass is 10.0. The van der Waals surface area contributed by atoms with Gasteiger partial charge in [0.1, 0.15) is 6.04 Å². The smallest absolute Gasteiger partial charge is 0.320 e. The number of aliphatic carboxylic acids is 1. The number of carbonyl (C=O) groups excluding carboxylic acids is 1. The van der Waals surface area contributed by atoms with Crippen molar-refractivity contribution in [2.45, 2.75) is 38.6 Å². The molecule has 0 bridgehead atoms. The molecular weight excluding hydrogens is 182 g/mol. The zero-order valence-electron chi connectivity index (χ0n) is 8.45. The van der Waals surface area contributed by atoms with Gasteiger partial charge in [0.15, 0.2) is 5.78 Å². The van der Waals surface area contributed by atoms with Gasteiger partial charge >= 0.3 is 5.97 Å². The van der Waals surface area contributed by atoms with Gasteiger partial charge in [-0.2, -0.15) is 0 Å². The van der Waals surface area contributed by atoms with E-state index in [4.69, 9.17) is 10.8 Å². The number of allylic oxidation sites excluding steroid dienone is 1. The van der Waals surface area contributed by atoms with Gasteiger partial charge in [0.05, 0.1) is 0 Å². The van der Waals surface area contributed by atoms with Crippen LogP contribution in [0.2, 0.25) is 0 Å². The first-order valence-corrected chi connectivity index (χ1v) is 4.62. The Balaban J connectivity index is 3.52. The monoisotopic (exact) mass is 199 g/mol. The van der Waals surface area contributed by atoms with Gasteiger partial charge in [-0.3, -0.25) is 9.59 Å². The SMILES string of the molecule is C=C(C)C(=O)CCCCC(N)C(=O)O. The third-order valence-corrected chi connectivity index (χ3v) is 1.96. The third kappa shape index (κ3) is 5.48. The van der Waals surface area contributed by atoms with E-state index >= 15 is 0 Å². The van der Waals surface area contributed by atoms with Gasteiger partial charge in [-0.15, -0.1) is 0 Å². The molecule has 4 nitrogen and oxygen atoms in total. The number of nitrogens with two attached hydrogens (primary N) is 1. The molecule has 0 aliphatic rings. The summed E-state index contributed by atoms with van der Waals surface area (Å²) in [5, 5.41) is 8.47. The van der Waals surface area contributed by atoms with Gasteiger partial charge in [-0.05, 0) is 25.3 Å². The number of unbranched alkanes of at least 4 members (excludes halogenated alkanes) is 1. The summed E-state index contributed by atoms with van der Waals surface area (Å²) in [5.74, 6) is -0.954. The van der Waals surface area contributed by atoms with Crippen molar-refractivity contribution in [3.8, 4) is 0 Å². The van der Waals surface area contributed by atoms with Gasteiger partial charge in [0.2, 0.25) is 0 Å². The van der Waals surface area contributed by atoms with Gasteiger partial charge < -0.3 is 10.8 Å². The Morgan fingerprint density at radius 2 is 2.00 bits per heavy atom. The summed E-state index contributed by atoms with van der Waals surface area (Å²) >= 11 is 0. The third-order valence-electron chi connectivity index (χ3n) is 1.96. The fourth-order valence-electron chi connectivity index (χ4n) is 0.987. The molecule has 0 amide bonds. The molecule has 0 aromatic heterocycles. The first kappa shape index (κ1) is 12.8. The molecule has 0 aliphatic heterocycles. The number of carboxylic acids is 1. The second-order valence-corrected chi connectivity index (χ2v) is 3.39. The second kappa shape index (κ2) is 6.32. The summed E-state index contributed by atoms with van der Waals surface area (Å²) in [6, 6.07) is -0.810. The number of carboxylic acid groups (broad SMARTS) is 1. The van der Waals surface area contributed by atoms with Gasteiger partial charge in [-0.25, -0.2) is 0 Å². The van der Waals surface area contributed by atoms with Crippen LogP contribution < -0.4 is 5.73 Å². The van der Waals surface area contributed by atoms with E-state index in [1.807, 2.05) is 0 Å². The van der Waals surface area contributed by atoms with Crippen LogP contribution in [0.25, 0.3) is 0 Å². The largest absolute Gasteiger partial charge is 0.480 e. The lowest BCUT2D eigenvalue weighted by molar-refractivity contribution is -0.138. The molecule has 4 heteroatoms. The van der Waals surface area contributed by atoms with Crippen LogP contribution in [-0.2, 0) is 9.59 Å². The maximum Gasteiger partial charge on any atom is 0.320 e. The van der Waals surface area contributed by atoms with Crippen LogP contribution >= 0.6 is 0 Å². The number of ketones is 1. The maximum atomic E-state index is 11.1. The number of carbonyl (C=O) groups is 2. The number of hydrogen-bond acceptors (Lipinski definition) is 3. The van der Waals surface area contributed by atoms with Crippen LogP contribution in [0, 0.1) is 0 Å². The Hall–Kier alpha value is -1.16. The Kier molecular flexibility index (Phi) is 5.79. The molecule has 0 aromatic rings. The summed E-state index contributed by atoms with van der Waals surface area (Å²) in [6.45, 7) is 5.20. The summed E-state index contributed by atoms with van der Waals surface area (Å²) < 4.78 is 0. The molecule has 0 aliphatic carbocycles. The zero-order valence-corrected chi connectivity index (χ0v) is 8.45. The van der Waals surface area contributed by atoms with Crippen LogP contribution in [0.1, 0.15) is 32.6 Å². The van der Waals surface area contributed by atoms with E-state index in [-0.39, 0.29) is 5.78 Å². The molecule has 0 spiro atoms. The molecule has 0 saturated heterocycles. The molecule has 14 heavy (non-hydrogen) atoms. The first-order valence-electron chi connectivity index (χ1n) is 4.62. The maximum absolute atomic E-state index is 11.1. The van der Waals surface area contributed by atoms with E-state index in [2.05, 4.69) is 6.58 Å². The van der Waals surface area contributed by atoms with Gasteiger partial charge in [-0.1, -0.05) is 13.0 Å². The summed E-state index contributed by atoms with van der Waals surface area (Å²) in [6.07, 6.45) is 2.18. The predicted molar refractivity (Wildman–Crippen MR) is 53.9 cm³/mol. The number of hydrogen-bond donors (Lipinski definition) is 2. The Labute approximate surface area is 83.8 Å². The molecule has 1 unspecified atom stereocenters. The van der Waals surface area contributed by atoms with Crippen molar-refractivity contribution in [3.63, 3.8) is 0 Å². The minimum Gasteiger partial charge on any atom is -0.480 e. The fourth-order valence-corrected chi connectivity index (χ4v) is 0.987. The molecule has 0 heterocycles. The van der Waals surface area contributed by atoms with Crippen LogP contribution in [0.4, 0.5) is 0 Å². The van der Waals surface area contributed by atoms with Crippen molar-refractivity contribution >= 4 is 11.8 Å². The molecule has 0 rings (SSSR count). The van der Waals surface area contributed by atoms with Crippen molar-refractivity contribution in [2.75, 3.05) is 0 Å². The average molecular weight is 199 g/mol. The summed E-state index contributed by atoms with van der Waals surface area (Å²) in [7, 11) is 0. The van der Waals surface area contributed by atoms with Crippen LogP contribution in [0.5, 0.6) is 0 Å². The molecular formula is C10H17NO3. The van der Waals surface area contributed by atoms with Crippen molar-refractivity contribution in [1.82, 2.24) is 0 Å². The number of rotatable bonds is 7. The lowest BCUT2D eigenvalue weighted by Gasteiger charge is -2.05. The molecule has 0 fully saturated rings. The van der Waals surface area contributed by atoms with E-state index in [0.29, 0.717) is 31.3 Å². The average Bonchev–Trinajstić information content (AvgIpc) is 2.11. The standard InChI is InChI=1S/C10H17NO3/c1-7(2)9(12)6-4-3-5-8(11)10(13)14/h8H,1,3-6,11H2,2H3,(H,13,14). The predicted octanol–water partition coefficient (Wildman–Crippen LogP) is 1.10. The highest BCUT2D eigenvalue weighted by molar-refractivity contribution is 5.93. The Bertz CT molecular complexity index is 236. The van der Waals surface area contributed by atoms with Crippen LogP contribution in [0.15, 0.2) is 12.2 Å². The lowest BCUT2D eigenvalue weighted by Crippen LogP contribution is -2.29. The summed E-state index contributed by atoms with van der Waals surface area (Å²) in [4.78, 5) is 21.4. The van der Waals surface area contributed by atoms with Gasteiger partial charge in [0, 0.05) is 6.42 Å². The van der Waals surface area contributed by atoms with Crippen LogP contribution in [-0.4, -0.2) is 22.9 Å². The Morgan fingerprint density at radius 1 is 1.43 bits per heavy atom. The topological polar surface area (TPSA) is 80.4 Å². The molecule has 0 saturated carbocycles. The summed E-state index contributed by atoms with van der Waals surface area (Å²) in [5.41, 5.74) is 5.84. The minimum absolute atomic E-state index is 0.0360. The van der Waals surface area contributed by atoms with E-state index in [1.165, 1.54) is 0 Å². The highest BCUT2D eigenvalue weighted by atomic mass is 16.4. The molecule has 0 radical (unpaired) electrons. The minimum atomic E-state index is -0.990. The fraction of sp³-hybridized carbons (Fsp3) is 0.600. The second-order valence-electron chi connectivity index (χ2n) is 3.39. The molecule has 80 valence electrons. The van der Waals surface area contributed by atoms with Crippen molar-refractivity contribution in [2.24, 2.45) is 5.73 Å². The van der Waals surface area contributed by atoms with Crippen LogP contribution in [0.3, 0.4) is 0 Å².